The summed E-state index contributed by atoms with van der Waals surface area (Å²) in [7, 11) is 0. The highest BCUT2D eigenvalue weighted by molar-refractivity contribution is 6.69. The van der Waals surface area contributed by atoms with E-state index in [0.717, 1.165) is 0 Å². The van der Waals surface area contributed by atoms with E-state index in [1.165, 1.54) is 0 Å². The molecular formula is C7H4Cl3NO. The topological polar surface area (TPSA) is 32.6 Å². The Labute approximate surface area is 84.3 Å². The summed E-state index contributed by atoms with van der Waals surface area (Å²) < 4.78 is 0. The summed E-state index contributed by atoms with van der Waals surface area (Å²) in [5.74, 6) is 0. The van der Waals surface area contributed by atoms with Crippen molar-refractivity contribution in [1.82, 2.24) is 0 Å². The Kier molecular flexibility index (Phi) is 3.20. The predicted molar refractivity (Wildman–Crippen MR) is 50.6 cm³/mol. The maximum Gasteiger partial charge on any atom is 0.175 e. The van der Waals surface area contributed by atoms with Gasteiger partial charge in [0.05, 0.1) is 0 Å². The summed E-state index contributed by atoms with van der Waals surface area (Å²) in [4.78, 5) is 0. The Hall–Kier alpha value is -0.440. The number of hydrogen-bond acceptors (Lipinski definition) is 2. The van der Waals surface area contributed by atoms with Gasteiger partial charge in [0.1, 0.15) is 0 Å². The molecule has 2 nitrogen and oxygen atoms in total. The van der Waals surface area contributed by atoms with Gasteiger partial charge in [-0.2, -0.15) is 0 Å². The Morgan fingerprint density at radius 1 is 1.17 bits per heavy atom. The largest absolute Gasteiger partial charge is 0.410 e. The number of benzene rings is 1. The standard InChI is InChI=1S/C7H4Cl3NO/c8-5-1-4(7(10)11-12)2-6(9)3-5/h1-3,12H. The van der Waals surface area contributed by atoms with Gasteiger partial charge in [0, 0.05) is 15.6 Å². The van der Waals surface area contributed by atoms with Gasteiger partial charge in [0.25, 0.3) is 0 Å². The van der Waals surface area contributed by atoms with Crippen molar-refractivity contribution in [2.75, 3.05) is 0 Å². The van der Waals surface area contributed by atoms with E-state index < -0.39 is 0 Å². The minimum Gasteiger partial charge on any atom is -0.410 e. The van der Waals surface area contributed by atoms with Gasteiger partial charge in [-0.3, -0.25) is 0 Å². The third-order valence-electron chi connectivity index (χ3n) is 1.19. The van der Waals surface area contributed by atoms with E-state index in [2.05, 4.69) is 5.16 Å². The van der Waals surface area contributed by atoms with E-state index in [9.17, 15) is 0 Å². The molecule has 0 aliphatic rings. The second kappa shape index (κ2) is 3.99. The fraction of sp³-hybridized carbons (Fsp3) is 0. The smallest absolute Gasteiger partial charge is 0.175 e. The van der Waals surface area contributed by atoms with Gasteiger partial charge in [0.2, 0.25) is 0 Å². The first kappa shape index (κ1) is 9.65. The van der Waals surface area contributed by atoms with Crippen LogP contribution in [0.3, 0.4) is 0 Å². The van der Waals surface area contributed by atoms with Crippen LogP contribution in [0, 0.1) is 0 Å². The molecule has 1 aromatic rings. The predicted octanol–water partition coefficient (Wildman–Crippen LogP) is 3.37. The van der Waals surface area contributed by atoms with Crippen LogP contribution in [-0.2, 0) is 0 Å². The van der Waals surface area contributed by atoms with Crippen LogP contribution in [-0.4, -0.2) is 10.4 Å². The first-order valence-corrected chi connectivity index (χ1v) is 4.11. The quantitative estimate of drug-likeness (QED) is 0.443. The van der Waals surface area contributed by atoms with Crippen LogP contribution in [0.1, 0.15) is 5.56 Å². The summed E-state index contributed by atoms with van der Waals surface area (Å²) in [5.41, 5.74) is 0.483. The number of oxime groups is 1. The molecule has 0 aromatic heterocycles. The van der Waals surface area contributed by atoms with Gasteiger partial charge >= 0.3 is 0 Å². The average Bonchev–Trinajstić information content (AvgIpc) is 2.01. The molecule has 0 bridgehead atoms. The van der Waals surface area contributed by atoms with Gasteiger partial charge in [-0.15, -0.1) is 0 Å². The maximum absolute atomic E-state index is 8.34. The molecule has 0 heterocycles. The van der Waals surface area contributed by atoms with E-state index in [-0.39, 0.29) is 5.17 Å². The van der Waals surface area contributed by atoms with Crippen LogP contribution in [0.25, 0.3) is 0 Å². The molecular weight excluding hydrogens is 220 g/mol. The number of hydrogen-bond donors (Lipinski definition) is 1. The Morgan fingerprint density at radius 2 is 1.67 bits per heavy atom. The minimum atomic E-state index is -0.0422. The number of nitrogens with zero attached hydrogens (tertiary/aromatic N) is 1. The van der Waals surface area contributed by atoms with Crippen molar-refractivity contribution in [2.45, 2.75) is 0 Å². The van der Waals surface area contributed by atoms with Crippen molar-refractivity contribution in [3.63, 3.8) is 0 Å². The van der Waals surface area contributed by atoms with Crippen LogP contribution in [0.15, 0.2) is 23.4 Å². The van der Waals surface area contributed by atoms with Crippen molar-refractivity contribution >= 4 is 40.0 Å². The number of halogens is 3. The molecule has 0 saturated heterocycles. The summed E-state index contributed by atoms with van der Waals surface area (Å²) >= 11 is 16.9. The molecule has 0 amide bonds. The fourth-order valence-corrected chi connectivity index (χ4v) is 1.37. The average molecular weight is 224 g/mol. The lowest BCUT2D eigenvalue weighted by Crippen LogP contribution is -1.90. The lowest BCUT2D eigenvalue weighted by Gasteiger charge is -1.98. The molecule has 0 aliphatic heterocycles. The highest BCUT2D eigenvalue weighted by Gasteiger charge is 2.02. The zero-order valence-electron chi connectivity index (χ0n) is 5.76. The van der Waals surface area contributed by atoms with Gasteiger partial charge in [-0.1, -0.05) is 40.0 Å². The summed E-state index contributed by atoms with van der Waals surface area (Å²) in [6.07, 6.45) is 0. The number of rotatable bonds is 1. The molecule has 0 unspecified atom stereocenters. The molecule has 0 saturated carbocycles. The molecule has 0 spiro atoms. The SMILES string of the molecule is ON=C(Cl)c1cc(Cl)cc(Cl)c1. The van der Waals surface area contributed by atoms with Crippen LogP contribution < -0.4 is 0 Å². The van der Waals surface area contributed by atoms with E-state index in [1.807, 2.05) is 0 Å². The van der Waals surface area contributed by atoms with Gasteiger partial charge in [0.15, 0.2) is 5.17 Å². The van der Waals surface area contributed by atoms with E-state index in [4.69, 9.17) is 40.0 Å². The lowest BCUT2D eigenvalue weighted by molar-refractivity contribution is 0.321. The van der Waals surface area contributed by atoms with E-state index in [1.54, 1.807) is 18.2 Å². The monoisotopic (exact) mass is 223 g/mol. The van der Waals surface area contributed by atoms with Crippen molar-refractivity contribution in [3.05, 3.63) is 33.8 Å². The van der Waals surface area contributed by atoms with Gasteiger partial charge < -0.3 is 5.21 Å². The Balaban J connectivity index is 3.17. The lowest BCUT2D eigenvalue weighted by atomic mass is 10.2. The van der Waals surface area contributed by atoms with Crippen LogP contribution in [0.5, 0.6) is 0 Å². The summed E-state index contributed by atoms with van der Waals surface area (Å²) in [5, 5.41) is 12.0. The summed E-state index contributed by atoms with van der Waals surface area (Å²) in [6, 6.07) is 4.67. The first-order chi connectivity index (χ1) is 5.63. The Morgan fingerprint density at radius 3 is 2.08 bits per heavy atom. The maximum atomic E-state index is 8.34. The molecule has 1 rings (SSSR count). The second-order valence-corrected chi connectivity index (χ2v) is 3.28. The third kappa shape index (κ3) is 2.27. The van der Waals surface area contributed by atoms with Crippen molar-refractivity contribution in [3.8, 4) is 0 Å². The first-order valence-electron chi connectivity index (χ1n) is 2.97. The molecule has 64 valence electrons. The molecule has 0 atom stereocenters. The normalized spacial score (nSPS) is 11.8. The second-order valence-electron chi connectivity index (χ2n) is 2.05. The van der Waals surface area contributed by atoms with Crippen LogP contribution >= 0.6 is 34.8 Å². The minimum absolute atomic E-state index is 0.0422. The Bertz CT molecular complexity index is 304. The zero-order valence-corrected chi connectivity index (χ0v) is 8.03. The zero-order chi connectivity index (χ0) is 9.14. The fourth-order valence-electron chi connectivity index (χ4n) is 0.731. The van der Waals surface area contributed by atoms with Crippen LogP contribution in [0.4, 0.5) is 0 Å². The van der Waals surface area contributed by atoms with Crippen molar-refractivity contribution in [2.24, 2.45) is 5.16 Å². The molecule has 0 radical (unpaired) electrons. The van der Waals surface area contributed by atoms with Crippen molar-refractivity contribution < 1.29 is 5.21 Å². The highest BCUT2D eigenvalue weighted by Crippen LogP contribution is 2.20. The molecule has 1 aromatic carbocycles. The molecule has 1 N–H and O–H groups in total. The van der Waals surface area contributed by atoms with Gasteiger partial charge in [-0.05, 0) is 18.2 Å². The van der Waals surface area contributed by atoms with Gasteiger partial charge in [-0.25, -0.2) is 0 Å². The molecule has 5 heteroatoms. The van der Waals surface area contributed by atoms with Crippen molar-refractivity contribution in [1.29, 1.82) is 0 Å². The summed E-state index contributed by atoms with van der Waals surface area (Å²) in [6.45, 7) is 0. The molecule has 0 aliphatic carbocycles. The molecule has 0 fully saturated rings. The third-order valence-corrected chi connectivity index (χ3v) is 1.92. The highest BCUT2D eigenvalue weighted by atomic mass is 35.5. The van der Waals surface area contributed by atoms with E-state index >= 15 is 0 Å². The van der Waals surface area contributed by atoms with Crippen LogP contribution in [0.2, 0.25) is 10.0 Å². The molecule has 12 heavy (non-hydrogen) atoms. The van der Waals surface area contributed by atoms with E-state index in [0.29, 0.717) is 15.6 Å².